The van der Waals surface area contributed by atoms with Crippen molar-refractivity contribution in [3.63, 3.8) is 0 Å². The van der Waals surface area contributed by atoms with Gasteiger partial charge >= 0.3 is 12.6 Å². The molecule has 0 aliphatic carbocycles. The molecule has 0 unspecified atom stereocenters. The maximum atomic E-state index is 12.2. The minimum absolute atomic E-state index is 0.0163. The van der Waals surface area contributed by atoms with Crippen LogP contribution in [0.15, 0.2) is 30.5 Å². The Morgan fingerprint density at radius 2 is 2.10 bits per heavy atom. The van der Waals surface area contributed by atoms with E-state index in [4.69, 9.17) is 0 Å². The van der Waals surface area contributed by atoms with Gasteiger partial charge in [-0.05, 0) is 31.5 Å². The maximum Gasteiger partial charge on any atom is 0.387 e. The lowest BCUT2D eigenvalue weighted by Gasteiger charge is -2.06. The van der Waals surface area contributed by atoms with Crippen molar-refractivity contribution in [1.29, 1.82) is 0 Å². The molecule has 1 heterocycles. The first-order chi connectivity index (χ1) is 9.88. The average molecular weight is 296 g/mol. The number of rotatable bonds is 5. The van der Waals surface area contributed by atoms with E-state index < -0.39 is 12.6 Å². The van der Waals surface area contributed by atoms with Gasteiger partial charge in [0.25, 0.3) is 0 Å². The highest BCUT2D eigenvalue weighted by molar-refractivity contribution is 5.93. The van der Waals surface area contributed by atoms with Gasteiger partial charge in [-0.2, -0.15) is 13.9 Å². The fraction of sp³-hybridized carbons (Fsp3) is 0.286. The normalized spacial score (nSPS) is 11.1. The highest BCUT2D eigenvalue weighted by atomic mass is 19.3. The number of carboxylic acid groups (broad SMARTS) is 1. The van der Waals surface area contributed by atoms with Gasteiger partial charge < -0.3 is 9.84 Å². The second kappa shape index (κ2) is 5.90. The lowest BCUT2D eigenvalue weighted by molar-refractivity contribution is -0.0498. The predicted molar refractivity (Wildman–Crippen MR) is 71.6 cm³/mol. The van der Waals surface area contributed by atoms with Crippen molar-refractivity contribution in [3.8, 4) is 16.9 Å². The van der Waals surface area contributed by atoms with Gasteiger partial charge in [-0.25, -0.2) is 4.79 Å². The van der Waals surface area contributed by atoms with Gasteiger partial charge in [0.1, 0.15) is 5.75 Å². The van der Waals surface area contributed by atoms with Gasteiger partial charge in [-0.3, -0.25) is 4.68 Å². The first-order valence-electron chi connectivity index (χ1n) is 6.26. The topological polar surface area (TPSA) is 64.3 Å². The van der Waals surface area contributed by atoms with E-state index in [2.05, 4.69) is 9.84 Å². The smallest absolute Gasteiger partial charge is 0.387 e. The van der Waals surface area contributed by atoms with E-state index in [9.17, 15) is 18.7 Å². The second-order valence-electron chi connectivity index (χ2n) is 4.68. The van der Waals surface area contributed by atoms with Crippen LogP contribution in [0.2, 0.25) is 0 Å². The first kappa shape index (κ1) is 15.0. The predicted octanol–water partition coefficient (Wildman–Crippen LogP) is 3.43. The van der Waals surface area contributed by atoms with Crippen LogP contribution in [0.25, 0.3) is 11.1 Å². The summed E-state index contributed by atoms with van der Waals surface area (Å²) in [5.74, 6) is -1.21. The number of aromatic carboxylic acids is 1. The number of hydrogen-bond donors (Lipinski definition) is 1. The van der Waals surface area contributed by atoms with Crippen LogP contribution in [0.4, 0.5) is 8.78 Å². The molecular weight excluding hydrogens is 282 g/mol. The Bertz CT molecular complexity index is 653. The molecule has 2 aromatic rings. The molecule has 0 atom stereocenters. The quantitative estimate of drug-likeness (QED) is 0.918. The van der Waals surface area contributed by atoms with E-state index in [1.165, 1.54) is 22.9 Å². The molecule has 0 saturated heterocycles. The van der Waals surface area contributed by atoms with Crippen molar-refractivity contribution < 1.29 is 23.4 Å². The summed E-state index contributed by atoms with van der Waals surface area (Å²) in [6.07, 6.45) is 1.58. The fourth-order valence-corrected chi connectivity index (χ4v) is 1.87. The zero-order chi connectivity index (χ0) is 15.6. The molecular formula is C14H14F2N2O3. The van der Waals surface area contributed by atoms with Crippen molar-refractivity contribution in [2.75, 3.05) is 0 Å². The summed E-state index contributed by atoms with van der Waals surface area (Å²) in [5, 5.41) is 13.2. The van der Waals surface area contributed by atoms with E-state index >= 15 is 0 Å². The van der Waals surface area contributed by atoms with Crippen LogP contribution in [-0.2, 0) is 0 Å². The molecule has 0 fully saturated rings. The zero-order valence-corrected chi connectivity index (χ0v) is 11.5. The number of aromatic nitrogens is 2. The maximum absolute atomic E-state index is 12.2. The standard InChI is InChI=1S/C14H14F2N2O3/c1-8(2)18-7-11(12(17-18)13(19)20)9-4-3-5-10(6-9)21-14(15)16/h3-8,14H,1-2H3,(H,19,20). The van der Waals surface area contributed by atoms with Crippen molar-refractivity contribution in [2.45, 2.75) is 26.5 Å². The molecule has 0 saturated carbocycles. The molecule has 0 amide bonds. The number of carbonyl (C=O) groups is 1. The van der Waals surface area contributed by atoms with E-state index in [0.717, 1.165) is 0 Å². The van der Waals surface area contributed by atoms with Gasteiger partial charge in [0.15, 0.2) is 5.69 Å². The number of hydrogen-bond acceptors (Lipinski definition) is 3. The molecule has 0 radical (unpaired) electrons. The summed E-state index contributed by atoms with van der Waals surface area (Å²) in [5.41, 5.74) is 0.686. The minimum Gasteiger partial charge on any atom is -0.476 e. The third-order valence-corrected chi connectivity index (χ3v) is 2.83. The third kappa shape index (κ3) is 3.36. The van der Waals surface area contributed by atoms with Crippen LogP contribution < -0.4 is 4.74 Å². The number of alkyl halides is 2. The first-order valence-corrected chi connectivity index (χ1v) is 6.26. The lowest BCUT2D eigenvalue weighted by Crippen LogP contribution is -2.04. The minimum atomic E-state index is -2.93. The molecule has 2 rings (SSSR count). The summed E-state index contributed by atoms with van der Waals surface area (Å²) in [6.45, 7) is 0.787. The average Bonchev–Trinajstić information content (AvgIpc) is 2.83. The Balaban J connectivity index is 2.47. The van der Waals surface area contributed by atoms with E-state index in [-0.39, 0.29) is 17.5 Å². The number of ether oxygens (including phenoxy) is 1. The number of nitrogens with zero attached hydrogens (tertiary/aromatic N) is 2. The Kier molecular flexibility index (Phi) is 4.21. The summed E-state index contributed by atoms with van der Waals surface area (Å²) in [6, 6.07) is 5.86. The van der Waals surface area contributed by atoms with Crippen LogP contribution in [0, 0.1) is 0 Å². The fourth-order valence-electron chi connectivity index (χ4n) is 1.87. The molecule has 5 nitrogen and oxygen atoms in total. The van der Waals surface area contributed by atoms with Crippen molar-refractivity contribution >= 4 is 5.97 Å². The Labute approximate surface area is 119 Å². The highest BCUT2D eigenvalue weighted by Gasteiger charge is 2.19. The molecule has 1 aromatic carbocycles. The molecule has 112 valence electrons. The van der Waals surface area contributed by atoms with E-state index in [1.807, 2.05) is 13.8 Å². The largest absolute Gasteiger partial charge is 0.476 e. The Morgan fingerprint density at radius 3 is 2.67 bits per heavy atom. The zero-order valence-electron chi connectivity index (χ0n) is 11.5. The molecule has 21 heavy (non-hydrogen) atoms. The van der Waals surface area contributed by atoms with Gasteiger partial charge in [0, 0.05) is 17.8 Å². The van der Waals surface area contributed by atoms with Gasteiger partial charge in [0.05, 0.1) is 0 Å². The van der Waals surface area contributed by atoms with Gasteiger partial charge in [0.2, 0.25) is 0 Å². The molecule has 0 spiro atoms. The van der Waals surface area contributed by atoms with Crippen molar-refractivity contribution in [1.82, 2.24) is 9.78 Å². The number of halogens is 2. The molecule has 1 aromatic heterocycles. The van der Waals surface area contributed by atoms with Crippen LogP contribution in [0.3, 0.4) is 0 Å². The Morgan fingerprint density at radius 1 is 1.38 bits per heavy atom. The summed E-state index contributed by atoms with van der Waals surface area (Å²) in [4.78, 5) is 11.3. The van der Waals surface area contributed by atoms with Crippen molar-refractivity contribution in [2.24, 2.45) is 0 Å². The molecule has 7 heteroatoms. The molecule has 0 aliphatic heterocycles. The Hall–Kier alpha value is -2.44. The van der Waals surface area contributed by atoms with Gasteiger partial charge in [-0.1, -0.05) is 12.1 Å². The highest BCUT2D eigenvalue weighted by Crippen LogP contribution is 2.28. The molecule has 1 N–H and O–H groups in total. The van der Waals surface area contributed by atoms with E-state index in [0.29, 0.717) is 11.1 Å². The summed E-state index contributed by atoms with van der Waals surface area (Å²) >= 11 is 0. The van der Waals surface area contributed by atoms with Crippen molar-refractivity contribution in [3.05, 3.63) is 36.2 Å². The van der Waals surface area contributed by atoms with Crippen LogP contribution in [0.1, 0.15) is 30.4 Å². The summed E-state index contributed by atoms with van der Waals surface area (Å²) in [7, 11) is 0. The van der Waals surface area contributed by atoms with Crippen LogP contribution in [-0.4, -0.2) is 27.5 Å². The van der Waals surface area contributed by atoms with Gasteiger partial charge in [-0.15, -0.1) is 0 Å². The summed E-state index contributed by atoms with van der Waals surface area (Å²) < 4.78 is 30.3. The third-order valence-electron chi connectivity index (χ3n) is 2.83. The second-order valence-corrected chi connectivity index (χ2v) is 4.68. The molecule has 0 aliphatic rings. The molecule has 0 bridgehead atoms. The lowest BCUT2D eigenvalue weighted by atomic mass is 10.1. The van der Waals surface area contributed by atoms with E-state index in [1.54, 1.807) is 12.3 Å². The number of carboxylic acids is 1. The number of benzene rings is 1. The van der Waals surface area contributed by atoms with Crippen LogP contribution in [0.5, 0.6) is 5.75 Å². The SMILES string of the molecule is CC(C)n1cc(-c2cccc(OC(F)F)c2)c(C(=O)O)n1. The monoisotopic (exact) mass is 296 g/mol. The van der Waals surface area contributed by atoms with Crippen LogP contribution >= 0.6 is 0 Å².